The summed E-state index contributed by atoms with van der Waals surface area (Å²) in [4.78, 5) is 0. The molecule has 2 aliphatic heterocycles. The molecule has 2 heterocycles. The fraction of sp³-hybridized carbons (Fsp3) is 0.600. The van der Waals surface area contributed by atoms with Gasteiger partial charge in [0.1, 0.15) is 6.10 Å². The Kier molecular flexibility index (Phi) is 3.82. The van der Waals surface area contributed by atoms with Gasteiger partial charge in [-0.05, 0) is 30.7 Å². The maximum Gasteiger partial charge on any atom is 0.167 e. The minimum Gasteiger partial charge on any atom is -0.487 e. The molecule has 3 nitrogen and oxygen atoms in total. The second-order valence-corrected chi connectivity index (χ2v) is 6.81. The Bertz CT molecular complexity index is 503. The monoisotopic (exact) mass is 297 g/mol. The molecule has 2 unspecified atom stereocenters. The van der Waals surface area contributed by atoms with Gasteiger partial charge in [-0.2, -0.15) is 11.8 Å². The quantitative estimate of drug-likeness (QED) is 0.852. The van der Waals surface area contributed by atoms with E-state index in [1.807, 2.05) is 18.7 Å². The molecular formula is C15H20FNO2S. The summed E-state index contributed by atoms with van der Waals surface area (Å²) >= 11 is 1.92. The number of halogens is 1. The molecule has 0 amide bonds. The summed E-state index contributed by atoms with van der Waals surface area (Å²) in [5.41, 5.74) is 6.96. The van der Waals surface area contributed by atoms with Crippen molar-refractivity contribution in [2.75, 3.05) is 23.8 Å². The summed E-state index contributed by atoms with van der Waals surface area (Å²) < 4.78 is 25.8. The van der Waals surface area contributed by atoms with Gasteiger partial charge < -0.3 is 15.2 Å². The van der Waals surface area contributed by atoms with Gasteiger partial charge >= 0.3 is 0 Å². The number of hydrogen-bond donors (Lipinski definition) is 1. The average Bonchev–Trinajstić information content (AvgIpc) is 2.84. The lowest BCUT2D eigenvalue weighted by Crippen LogP contribution is -2.43. The molecule has 1 aromatic rings. The van der Waals surface area contributed by atoms with Crippen LogP contribution in [0.25, 0.3) is 0 Å². The minimum absolute atomic E-state index is 0.0278. The van der Waals surface area contributed by atoms with Crippen LogP contribution >= 0.6 is 11.8 Å². The van der Waals surface area contributed by atoms with Gasteiger partial charge in [0.2, 0.25) is 0 Å². The van der Waals surface area contributed by atoms with Gasteiger partial charge in [0.05, 0.1) is 12.2 Å². The SMILES string of the molecule is Cc1cc(OC2CCOC3(CCSC3)C2)c(F)cc1N. The minimum atomic E-state index is -0.380. The van der Waals surface area contributed by atoms with Gasteiger partial charge in [0.15, 0.2) is 11.6 Å². The zero-order valence-corrected chi connectivity index (χ0v) is 12.5. The summed E-state index contributed by atoms with van der Waals surface area (Å²) in [6.45, 7) is 2.56. The predicted octanol–water partition coefficient (Wildman–Crippen LogP) is 3.15. The highest BCUT2D eigenvalue weighted by atomic mass is 32.2. The summed E-state index contributed by atoms with van der Waals surface area (Å²) in [5.74, 6) is 2.09. The largest absolute Gasteiger partial charge is 0.487 e. The van der Waals surface area contributed by atoms with Crippen LogP contribution in [-0.2, 0) is 4.74 Å². The number of anilines is 1. The number of benzene rings is 1. The Morgan fingerprint density at radius 2 is 2.35 bits per heavy atom. The van der Waals surface area contributed by atoms with E-state index in [9.17, 15) is 4.39 Å². The molecule has 2 saturated heterocycles. The van der Waals surface area contributed by atoms with Crippen LogP contribution in [0, 0.1) is 12.7 Å². The molecule has 3 rings (SSSR count). The molecule has 0 aliphatic carbocycles. The van der Waals surface area contributed by atoms with E-state index < -0.39 is 0 Å². The molecule has 2 aliphatic rings. The van der Waals surface area contributed by atoms with Crippen molar-refractivity contribution in [2.45, 2.75) is 37.9 Å². The third-order valence-electron chi connectivity index (χ3n) is 4.13. The number of thioether (sulfide) groups is 1. The van der Waals surface area contributed by atoms with Gasteiger partial charge in [-0.15, -0.1) is 0 Å². The summed E-state index contributed by atoms with van der Waals surface area (Å²) in [5, 5.41) is 0. The third-order valence-corrected chi connectivity index (χ3v) is 5.35. The Morgan fingerprint density at radius 3 is 3.10 bits per heavy atom. The van der Waals surface area contributed by atoms with Gasteiger partial charge in [-0.3, -0.25) is 0 Å². The fourth-order valence-corrected chi connectivity index (χ4v) is 4.27. The zero-order chi connectivity index (χ0) is 14.2. The molecule has 0 aromatic heterocycles. The van der Waals surface area contributed by atoms with E-state index in [0.717, 1.165) is 36.3 Å². The molecule has 0 bridgehead atoms. The van der Waals surface area contributed by atoms with Crippen molar-refractivity contribution in [1.82, 2.24) is 0 Å². The first-order valence-corrected chi connectivity index (χ1v) is 8.17. The number of ether oxygens (including phenoxy) is 2. The Hall–Kier alpha value is -0.940. The second-order valence-electron chi connectivity index (χ2n) is 5.71. The van der Waals surface area contributed by atoms with Crippen LogP contribution in [0.4, 0.5) is 10.1 Å². The first-order chi connectivity index (χ1) is 9.58. The molecule has 2 atom stereocenters. The van der Waals surface area contributed by atoms with Gasteiger partial charge in [-0.25, -0.2) is 4.39 Å². The maximum absolute atomic E-state index is 13.9. The van der Waals surface area contributed by atoms with Crippen LogP contribution < -0.4 is 10.5 Å². The van der Waals surface area contributed by atoms with Crippen LogP contribution in [0.3, 0.4) is 0 Å². The topological polar surface area (TPSA) is 44.5 Å². The van der Waals surface area contributed by atoms with Crippen molar-refractivity contribution in [1.29, 1.82) is 0 Å². The van der Waals surface area contributed by atoms with Crippen molar-refractivity contribution in [3.8, 4) is 5.75 Å². The van der Waals surface area contributed by atoms with E-state index in [1.54, 1.807) is 6.07 Å². The predicted molar refractivity (Wildman–Crippen MR) is 79.8 cm³/mol. The summed E-state index contributed by atoms with van der Waals surface area (Å²) in [7, 11) is 0. The van der Waals surface area contributed by atoms with E-state index in [0.29, 0.717) is 18.0 Å². The van der Waals surface area contributed by atoms with E-state index in [2.05, 4.69) is 0 Å². The Morgan fingerprint density at radius 1 is 1.50 bits per heavy atom. The summed E-state index contributed by atoms with van der Waals surface area (Å²) in [6.07, 6.45) is 2.76. The normalized spacial score (nSPS) is 29.8. The van der Waals surface area contributed by atoms with Crippen molar-refractivity contribution < 1.29 is 13.9 Å². The smallest absolute Gasteiger partial charge is 0.167 e. The highest BCUT2D eigenvalue weighted by Gasteiger charge is 2.41. The highest BCUT2D eigenvalue weighted by molar-refractivity contribution is 7.99. The van der Waals surface area contributed by atoms with E-state index >= 15 is 0 Å². The lowest BCUT2D eigenvalue weighted by atomic mass is 9.91. The van der Waals surface area contributed by atoms with Crippen LogP contribution in [-0.4, -0.2) is 29.8 Å². The maximum atomic E-state index is 13.9. The molecule has 2 N–H and O–H groups in total. The van der Waals surface area contributed by atoms with Gasteiger partial charge in [0.25, 0.3) is 0 Å². The molecule has 110 valence electrons. The molecule has 0 saturated carbocycles. The first-order valence-electron chi connectivity index (χ1n) is 7.02. The standard InChI is InChI=1S/C15H20FNO2S/c1-10-6-14(12(16)7-13(10)17)19-11-2-4-18-15(8-11)3-5-20-9-15/h6-7,11H,2-5,8-9,17H2,1H3. The van der Waals surface area contributed by atoms with Crippen molar-refractivity contribution in [3.63, 3.8) is 0 Å². The zero-order valence-electron chi connectivity index (χ0n) is 11.7. The van der Waals surface area contributed by atoms with Crippen LogP contribution in [0.5, 0.6) is 5.75 Å². The second kappa shape index (κ2) is 5.45. The van der Waals surface area contributed by atoms with Crippen LogP contribution in [0.1, 0.15) is 24.8 Å². The lowest BCUT2D eigenvalue weighted by molar-refractivity contribution is -0.0964. The first kappa shape index (κ1) is 14.0. The Balaban J connectivity index is 1.73. The molecular weight excluding hydrogens is 277 g/mol. The Labute approximate surface area is 123 Å². The highest BCUT2D eigenvalue weighted by Crippen LogP contribution is 2.39. The van der Waals surface area contributed by atoms with E-state index in [-0.39, 0.29) is 17.5 Å². The third kappa shape index (κ3) is 2.74. The number of rotatable bonds is 2. The van der Waals surface area contributed by atoms with Crippen molar-refractivity contribution in [3.05, 3.63) is 23.5 Å². The van der Waals surface area contributed by atoms with Gasteiger partial charge in [-0.1, -0.05) is 0 Å². The van der Waals surface area contributed by atoms with Crippen LogP contribution in [0.2, 0.25) is 0 Å². The lowest BCUT2D eigenvalue weighted by Gasteiger charge is -2.37. The van der Waals surface area contributed by atoms with E-state index in [4.69, 9.17) is 15.2 Å². The molecule has 1 spiro atoms. The molecule has 2 fully saturated rings. The average molecular weight is 297 g/mol. The van der Waals surface area contributed by atoms with Gasteiger partial charge in [0, 0.05) is 30.3 Å². The number of nitrogens with two attached hydrogens (primary N) is 1. The molecule has 1 aromatic carbocycles. The number of nitrogen functional groups attached to an aromatic ring is 1. The van der Waals surface area contributed by atoms with Crippen molar-refractivity contribution in [2.24, 2.45) is 0 Å². The molecule has 0 radical (unpaired) electrons. The molecule has 20 heavy (non-hydrogen) atoms. The summed E-state index contributed by atoms with van der Waals surface area (Å²) in [6, 6.07) is 3.03. The fourth-order valence-electron chi connectivity index (χ4n) is 2.89. The van der Waals surface area contributed by atoms with E-state index in [1.165, 1.54) is 6.07 Å². The van der Waals surface area contributed by atoms with Crippen molar-refractivity contribution >= 4 is 17.4 Å². The van der Waals surface area contributed by atoms with Crippen LogP contribution in [0.15, 0.2) is 12.1 Å². The number of aryl methyl sites for hydroxylation is 1. The molecule has 5 heteroatoms. The number of hydrogen-bond acceptors (Lipinski definition) is 4.